The van der Waals surface area contributed by atoms with Crippen molar-refractivity contribution in [3.8, 4) is 11.5 Å². The van der Waals surface area contributed by atoms with Crippen molar-refractivity contribution < 1.29 is 29.0 Å². The number of aliphatic hydroxyl groups excluding tert-OH is 1. The third-order valence-electron chi connectivity index (χ3n) is 10.1. The number of amides is 3. The fraction of sp³-hybridized carbons (Fsp3) is 0.583. The topological polar surface area (TPSA) is 120 Å². The molecular weight excluding hydrogens is 620 g/mol. The predicted molar refractivity (Wildman–Crippen MR) is 182 cm³/mol. The quantitative estimate of drug-likeness (QED) is 0.295. The number of nitrogens with one attached hydrogen (secondary N) is 2. The zero-order valence-electron chi connectivity index (χ0n) is 27.3. The highest BCUT2D eigenvalue weighted by atomic mass is 35.5. The summed E-state index contributed by atoms with van der Waals surface area (Å²) >= 11 is 0. The second kappa shape index (κ2) is 15.8. The van der Waals surface area contributed by atoms with Crippen LogP contribution in [0.4, 0.5) is 5.69 Å². The van der Waals surface area contributed by atoms with Gasteiger partial charge in [0.2, 0.25) is 17.7 Å². The Morgan fingerprint density at radius 3 is 2.28 bits per heavy atom. The first kappa shape index (κ1) is 35.1. The lowest BCUT2D eigenvalue weighted by molar-refractivity contribution is -0.166. The number of unbranched alkanes of at least 4 members (excludes halogenated alkanes) is 1. The summed E-state index contributed by atoms with van der Waals surface area (Å²) < 4.78 is 11.5. The third-order valence-corrected chi connectivity index (χ3v) is 10.1. The number of halogens is 1. The largest absolute Gasteiger partial charge is 0.457 e. The molecule has 47 heavy (non-hydrogen) atoms. The second-order valence-corrected chi connectivity index (χ2v) is 13.5. The molecule has 0 unspecified atom stereocenters. The van der Waals surface area contributed by atoms with Gasteiger partial charge in [0.15, 0.2) is 0 Å². The van der Waals surface area contributed by atoms with E-state index in [0.717, 1.165) is 49.2 Å². The Kier molecular flexibility index (Phi) is 11.8. The molecule has 10 nitrogen and oxygen atoms in total. The van der Waals surface area contributed by atoms with Crippen LogP contribution in [0.15, 0.2) is 48.5 Å². The summed E-state index contributed by atoms with van der Waals surface area (Å²) in [4.78, 5) is 43.8. The lowest BCUT2D eigenvalue weighted by Gasteiger charge is -2.52. The summed E-state index contributed by atoms with van der Waals surface area (Å²) in [7, 11) is 0. The van der Waals surface area contributed by atoms with Crippen molar-refractivity contribution in [1.29, 1.82) is 0 Å². The molecule has 11 heteroatoms. The number of piperidine rings is 1. The van der Waals surface area contributed by atoms with Gasteiger partial charge in [-0.3, -0.25) is 19.3 Å². The van der Waals surface area contributed by atoms with Gasteiger partial charge in [0.1, 0.15) is 23.1 Å². The van der Waals surface area contributed by atoms with Crippen LogP contribution in [-0.4, -0.2) is 83.2 Å². The normalized spacial score (nSPS) is 22.3. The minimum absolute atomic E-state index is 0. The van der Waals surface area contributed by atoms with Gasteiger partial charge in [-0.1, -0.05) is 25.5 Å². The molecule has 6 rings (SSSR count). The van der Waals surface area contributed by atoms with Crippen LogP contribution in [0.2, 0.25) is 0 Å². The Morgan fingerprint density at radius 1 is 1.02 bits per heavy atom. The molecule has 4 fully saturated rings. The molecule has 2 atom stereocenters. The van der Waals surface area contributed by atoms with E-state index in [0.29, 0.717) is 76.6 Å². The minimum atomic E-state index is -0.905. The number of ether oxygens (including phenoxy) is 2. The summed E-state index contributed by atoms with van der Waals surface area (Å²) in [5, 5.41) is 17.1. The number of piperazine rings is 1. The van der Waals surface area contributed by atoms with Crippen LogP contribution in [0.5, 0.6) is 11.5 Å². The van der Waals surface area contributed by atoms with Crippen LogP contribution in [-0.2, 0) is 25.7 Å². The molecule has 3 aliphatic heterocycles. The first-order valence-corrected chi connectivity index (χ1v) is 17.1. The monoisotopic (exact) mass is 668 g/mol. The number of carbonyl (C=O) groups is 3. The lowest BCUT2D eigenvalue weighted by Crippen LogP contribution is -2.75. The molecule has 3 saturated heterocycles. The van der Waals surface area contributed by atoms with Crippen molar-refractivity contribution >= 4 is 35.8 Å². The number of likely N-dealkylation sites (tertiary alicyclic amines) is 1. The van der Waals surface area contributed by atoms with E-state index < -0.39 is 17.7 Å². The standard InChI is InChI=1S/C36H48N4O6.ClH/c1-2-3-18-40-34(43)32(33(42)27-14-21-45-22-15-27)38-35(44)36(40)16-19-39(20-17-36)24-26-6-10-29(11-7-26)46-30-12-8-28(9-13-30)37-31(41)23-25-4-5-25;/h6-13,25,27,32-33,42H,2-5,14-24H2,1H3,(H,37,41)(H,38,44);1H/t32-,33-;/m1./s1. The zero-order valence-corrected chi connectivity index (χ0v) is 28.1. The Balaban J connectivity index is 0.00000433. The molecule has 0 radical (unpaired) electrons. The van der Waals surface area contributed by atoms with Crippen molar-refractivity contribution in [2.24, 2.45) is 11.8 Å². The van der Waals surface area contributed by atoms with Crippen LogP contribution < -0.4 is 15.4 Å². The summed E-state index contributed by atoms with van der Waals surface area (Å²) in [6.45, 7) is 5.88. The summed E-state index contributed by atoms with van der Waals surface area (Å²) in [5.74, 6) is 1.71. The average Bonchev–Trinajstić information content (AvgIpc) is 3.89. The van der Waals surface area contributed by atoms with E-state index in [1.807, 2.05) is 36.4 Å². The predicted octanol–water partition coefficient (Wildman–Crippen LogP) is 4.89. The van der Waals surface area contributed by atoms with E-state index >= 15 is 0 Å². The summed E-state index contributed by atoms with van der Waals surface area (Å²) in [6.07, 6.45) is 6.25. The smallest absolute Gasteiger partial charge is 0.248 e. The van der Waals surface area contributed by atoms with Gasteiger partial charge in [-0.2, -0.15) is 0 Å². The minimum Gasteiger partial charge on any atom is -0.457 e. The van der Waals surface area contributed by atoms with Crippen molar-refractivity contribution in [3.63, 3.8) is 0 Å². The number of anilines is 1. The molecule has 1 saturated carbocycles. The summed E-state index contributed by atoms with van der Waals surface area (Å²) in [5.41, 5.74) is 1.04. The van der Waals surface area contributed by atoms with Gasteiger partial charge < -0.3 is 30.1 Å². The van der Waals surface area contributed by atoms with E-state index in [1.165, 1.54) is 0 Å². The van der Waals surface area contributed by atoms with Crippen LogP contribution in [0.3, 0.4) is 0 Å². The Hall–Kier alpha value is -3.18. The lowest BCUT2D eigenvalue weighted by atomic mass is 9.79. The first-order valence-electron chi connectivity index (χ1n) is 17.1. The Bertz CT molecular complexity index is 1350. The molecule has 2 aromatic rings. The summed E-state index contributed by atoms with van der Waals surface area (Å²) in [6, 6.07) is 14.5. The number of aliphatic hydroxyl groups is 1. The number of rotatable bonds is 12. The highest BCUT2D eigenvalue weighted by Crippen LogP contribution is 2.36. The first-order chi connectivity index (χ1) is 22.3. The number of nitrogens with zero attached hydrogens (tertiary/aromatic N) is 2. The molecule has 256 valence electrons. The van der Waals surface area contributed by atoms with Gasteiger partial charge in [-0.25, -0.2) is 0 Å². The molecular formula is C36H49ClN4O6. The van der Waals surface area contributed by atoms with Crippen LogP contribution in [0.25, 0.3) is 0 Å². The molecule has 1 spiro atoms. The molecule has 0 bridgehead atoms. The van der Waals surface area contributed by atoms with Crippen molar-refractivity contribution in [2.45, 2.75) is 88.9 Å². The maximum Gasteiger partial charge on any atom is 0.248 e. The molecule has 3 N–H and O–H groups in total. The second-order valence-electron chi connectivity index (χ2n) is 13.5. The van der Waals surface area contributed by atoms with E-state index in [9.17, 15) is 19.5 Å². The van der Waals surface area contributed by atoms with E-state index in [4.69, 9.17) is 9.47 Å². The maximum atomic E-state index is 13.8. The van der Waals surface area contributed by atoms with Gasteiger partial charge in [-0.15, -0.1) is 12.4 Å². The zero-order chi connectivity index (χ0) is 32.1. The fourth-order valence-corrected chi connectivity index (χ4v) is 7.08. The maximum absolute atomic E-state index is 13.8. The highest BCUT2D eigenvalue weighted by Gasteiger charge is 2.55. The number of benzene rings is 2. The van der Waals surface area contributed by atoms with Crippen LogP contribution >= 0.6 is 12.4 Å². The average molecular weight is 669 g/mol. The van der Waals surface area contributed by atoms with Crippen LogP contribution in [0, 0.1) is 11.8 Å². The molecule has 0 aromatic heterocycles. The van der Waals surface area contributed by atoms with Gasteiger partial charge >= 0.3 is 0 Å². The number of hydrogen-bond acceptors (Lipinski definition) is 7. The molecule has 2 aromatic carbocycles. The van der Waals surface area contributed by atoms with E-state index in [2.05, 4.69) is 34.6 Å². The van der Waals surface area contributed by atoms with Crippen molar-refractivity contribution in [3.05, 3.63) is 54.1 Å². The SMILES string of the molecule is CCCCN1C(=O)[C@@H]([C@H](O)C2CCOCC2)NC(=O)C12CCN(Cc1ccc(Oc3ccc(NC(=O)CC4CC4)cc3)cc1)CC2.Cl. The van der Waals surface area contributed by atoms with E-state index in [-0.39, 0.29) is 36.0 Å². The number of hydrogen-bond donors (Lipinski definition) is 3. The van der Waals surface area contributed by atoms with Crippen LogP contribution in [0.1, 0.15) is 70.3 Å². The Morgan fingerprint density at radius 2 is 1.66 bits per heavy atom. The Labute approximate surface area is 284 Å². The number of carbonyl (C=O) groups excluding carboxylic acids is 3. The van der Waals surface area contributed by atoms with Gasteiger partial charge in [0.05, 0.1) is 6.10 Å². The van der Waals surface area contributed by atoms with Gasteiger partial charge in [-0.05, 0) is 98.7 Å². The van der Waals surface area contributed by atoms with Crippen molar-refractivity contribution in [1.82, 2.24) is 15.1 Å². The highest BCUT2D eigenvalue weighted by molar-refractivity contribution is 6.00. The van der Waals surface area contributed by atoms with Gasteiger partial charge in [0, 0.05) is 51.5 Å². The molecule has 4 aliphatic rings. The third kappa shape index (κ3) is 8.46. The molecule has 1 aliphatic carbocycles. The molecule has 3 amide bonds. The fourth-order valence-electron chi connectivity index (χ4n) is 7.08. The molecule has 3 heterocycles. The van der Waals surface area contributed by atoms with Gasteiger partial charge in [0.25, 0.3) is 0 Å². The van der Waals surface area contributed by atoms with E-state index in [1.54, 1.807) is 4.90 Å². The van der Waals surface area contributed by atoms with Crippen molar-refractivity contribution in [2.75, 3.05) is 38.2 Å².